The van der Waals surface area contributed by atoms with Crippen molar-refractivity contribution in [3.05, 3.63) is 36.0 Å². The number of aromatic nitrogens is 2. The van der Waals surface area contributed by atoms with Crippen molar-refractivity contribution in [3.63, 3.8) is 0 Å². The molecule has 1 aliphatic carbocycles. The third kappa shape index (κ3) is 4.77. The van der Waals surface area contributed by atoms with E-state index in [1.54, 1.807) is 16.7 Å². The highest BCUT2D eigenvalue weighted by atomic mass is 16.5. The first kappa shape index (κ1) is 23.3. The summed E-state index contributed by atoms with van der Waals surface area (Å²) in [5.74, 6) is 1.00. The molecule has 2 heterocycles. The van der Waals surface area contributed by atoms with Crippen LogP contribution in [0.1, 0.15) is 69.8 Å². The molecule has 0 spiro atoms. The predicted molar refractivity (Wildman–Crippen MR) is 128 cm³/mol. The topological polar surface area (TPSA) is 76.5 Å². The van der Waals surface area contributed by atoms with E-state index in [4.69, 9.17) is 9.84 Å². The van der Waals surface area contributed by atoms with Crippen LogP contribution in [0, 0.1) is 5.92 Å². The van der Waals surface area contributed by atoms with E-state index in [0.717, 1.165) is 49.1 Å². The average Bonchev–Trinajstić information content (AvgIpc) is 3.23. The monoisotopic (exact) mass is 452 g/mol. The summed E-state index contributed by atoms with van der Waals surface area (Å²) in [6, 6.07) is 9.66. The van der Waals surface area contributed by atoms with Gasteiger partial charge in [0, 0.05) is 18.2 Å². The van der Waals surface area contributed by atoms with Gasteiger partial charge in [-0.2, -0.15) is 5.10 Å². The molecule has 7 heteroatoms. The van der Waals surface area contributed by atoms with Gasteiger partial charge in [-0.1, -0.05) is 33.1 Å². The second kappa shape index (κ2) is 9.57. The van der Waals surface area contributed by atoms with Crippen molar-refractivity contribution < 1.29 is 14.3 Å². The number of nitrogens with zero attached hydrogens (tertiary/aromatic N) is 3. The molecule has 4 rings (SSSR count). The number of ether oxygens (including phenoxy) is 1. The fourth-order valence-electron chi connectivity index (χ4n) is 4.87. The summed E-state index contributed by atoms with van der Waals surface area (Å²) in [6.07, 6.45) is 6.39. The van der Waals surface area contributed by atoms with Gasteiger partial charge in [0.05, 0.1) is 19.3 Å². The predicted octanol–water partition coefficient (Wildman–Crippen LogP) is 4.27. The standard InChI is InChI=1S/C26H36N4O3/c1-18(2)14-15-29-24(31)23-16-22(19-10-12-21(33-4)13-11-19)28-30(23)17-26(29,3)25(32)27-20-8-6-5-7-9-20/h10-13,16,18,20H,5-9,14-15,17H2,1-4H3,(H,27,32)/t26-/m1/s1. The minimum atomic E-state index is -0.973. The quantitative estimate of drug-likeness (QED) is 0.681. The van der Waals surface area contributed by atoms with Crippen molar-refractivity contribution in [2.24, 2.45) is 5.92 Å². The second-order valence-corrected chi connectivity index (χ2v) is 10.0. The summed E-state index contributed by atoms with van der Waals surface area (Å²) >= 11 is 0. The van der Waals surface area contributed by atoms with Crippen LogP contribution in [0.5, 0.6) is 5.75 Å². The van der Waals surface area contributed by atoms with Crippen LogP contribution >= 0.6 is 0 Å². The Hall–Kier alpha value is -2.83. The molecule has 1 atom stereocenters. The molecule has 2 aliphatic rings. The number of hydrogen-bond donors (Lipinski definition) is 1. The molecular weight excluding hydrogens is 416 g/mol. The van der Waals surface area contributed by atoms with Gasteiger partial charge in [0.2, 0.25) is 5.91 Å². The van der Waals surface area contributed by atoms with Crippen LogP contribution in [-0.2, 0) is 11.3 Å². The van der Waals surface area contributed by atoms with Gasteiger partial charge in [-0.3, -0.25) is 14.3 Å². The molecule has 1 aromatic carbocycles. The van der Waals surface area contributed by atoms with Crippen LogP contribution < -0.4 is 10.1 Å². The molecule has 178 valence electrons. The maximum absolute atomic E-state index is 13.7. The SMILES string of the molecule is COc1ccc(-c2cc3n(n2)C[C@](C)(C(=O)NC2CCCCC2)N(CCC(C)C)C3=O)cc1. The van der Waals surface area contributed by atoms with Crippen molar-refractivity contribution in [1.29, 1.82) is 0 Å². The number of benzene rings is 1. The summed E-state index contributed by atoms with van der Waals surface area (Å²) in [4.78, 5) is 29.0. The zero-order valence-corrected chi connectivity index (χ0v) is 20.3. The van der Waals surface area contributed by atoms with Gasteiger partial charge in [0.1, 0.15) is 17.0 Å². The van der Waals surface area contributed by atoms with E-state index >= 15 is 0 Å². The number of hydrogen-bond acceptors (Lipinski definition) is 4. The Morgan fingerprint density at radius 3 is 2.55 bits per heavy atom. The lowest BCUT2D eigenvalue weighted by Gasteiger charge is -2.44. The Balaban J connectivity index is 1.64. The van der Waals surface area contributed by atoms with Gasteiger partial charge in [-0.05, 0) is 62.4 Å². The first-order valence-electron chi connectivity index (χ1n) is 12.2. The zero-order valence-electron chi connectivity index (χ0n) is 20.3. The second-order valence-electron chi connectivity index (χ2n) is 10.0. The van der Waals surface area contributed by atoms with Crippen molar-refractivity contribution in [2.45, 2.75) is 77.4 Å². The van der Waals surface area contributed by atoms with Gasteiger partial charge in [-0.15, -0.1) is 0 Å². The lowest BCUT2D eigenvalue weighted by atomic mass is 9.91. The lowest BCUT2D eigenvalue weighted by Crippen LogP contribution is -2.65. The number of carbonyl (C=O) groups excluding carboxylic acids is 2. The zero-order chi connectivity index (χ0) is 23.6. The average molecular weight is 453 g/mol. The maximum Gasteiger partial charge on any atom is 0.273 e. The molecule has 1 fully saturated rings. The lowest BCUT2D eigenvalue weighted by molar-refractivity contribution is -0.134. The van der Waals surface area contributed by atoms with E-state index in [2.05, 4.69) is 19.2 Å². The first-order valence-corrected chi connectivity index (χ1v) is 12.2. The van der Waals surface area contributed by atoms with Crippen molar-refractivity contribution >= 4 is 11.8 Å². The molecule has 2 aromatic rings. The summed E-state index contributed by atoms with van der Waals surface area (Å²) in [5, 5.41) is 7.99. The molecule has 0 unspecified atom stereocenters. The fraction of sp³-hybridized carbons (Fsp3) is 0.577. The molecule has 1 aliphatic heterocycles. The van der Waals surface area contributed by atoms with E-state index in [1.807, 2.05) is 37.3 Å². The summed E-state index contributed by atoms with van der Waals surface area (Å²) < 4.78 is 6.97. The van der Waals surface area contributed by atoms with Gasteiger partial charge in [0.25, 0.3) is 5.91 Å². The fourth-order valence-corrected chi connectivity index (χ4v) is 4.87. The van der Waals surface area contributed by atoms with Crippen LogP contribution in [0.15, 0.2) is 30.3 Å². The van der Waals surface area contributed by atoms with Crippen LogP contribution in [-0.4, -0.2) is 51.7 Å². The third-order valence-electron chi connectivity index (χ3n) is 7.04. The maximum atomic E-state index is 13.7. The molecule has 33 heavy (non-hydrogen) atoms. The molecule has 1 N–H and O–H groups in total. The van der Waals surface area contributed by atoms with E-state index in [9.17, 15) is 9.59 Å². The van der Waals surface area contributed by atoms with Gasteiger partial charge >= 0.3 is 0 Å². The Labute approximate surface area is 196 Å². The van der Waals surface area contributed by atoms with E-state index in [1.165, 1.54) is 6.42 Å². The summed E-state index contributed by atoms with van der Waals surface area (Å²) in [6.45, 7) is 7.07. The highest BCUT2D eigenvalue weighted by Gasteiger charge is 2.48. The Bertz CT molecular complexity index is 991. The molecule has 7 nitrogen and oxygen atoms in total. The molecule has 0 bridgehead atoms. The van der Waals surface area contributed by atoms with Gasteiger partial charge < -0.3 is 15.0 Å². The number of fused-ring (bicyclic) bond motifs is 1. The third-order valence-corrected chi connectivity index (χ3v) is 7.04. The number of amides is 2. The molecule has 0 saturated heterocycles. The van der Waals surface area contributed by atoms with Crippen LogP contribution in [0.3, 0.4) is 0 Å². The molecule has 1 aromatic heterocycles. The van der Waals surface area contributed by atoms with Crippen LogP contribution in [0.4, 0.5) is 0 Å². The Kier molecular flexibility index (Phi) is 6.77. The van der Waals surface area contributed by atoms with Crippen molar-refractivity contribution in [2.75, 3.05) is 13.7 Å². The molecular formula is C26H36N4O3. The first-order chi connectivity index (χ1) is 15.8. The van der Waals surface area contributed by atoms with Crippen LogP contribution in [0.2, 0.25) is 0 Å². The van der Waals surface area contributed by atoms with Gasteiger partial charge in [-0.25, -0.2) is 0 Å². The van der Waals surface area contributed by atoms with Crippen molar-refractivity contribution in [1.82, 2.24) is 20.0 Å². The number of methoxy groups -OCH3 is 1. The molecule has 1 saturated carbocycles. The number of nitrogens with one attached hydrogen (secondary N) is 1. The smallest absolute Gasteiger partial charge is 0.273 e. The summed E-state index contributed by atoms with van der Waals surface area (Å²) in [5.41, 5.74) is 1.20. The highest BCUT2D eigenvalue weighted by molar-refractivity contribution is 6.00. The van der Waals surface area contributed by atoms with Gasteiger partial charge in [0.15, 0.2) is 0 Å². The minimum Gasteiger partial charge on any atom is -0.497 e. The van der Waals surface area contributed by atoms with E-state index in [-0.39, 0.29) is 17.9 Å². The van der Waals surface area contributed by atoms with Crippen molar-refractivity contribution in [3.8, 4) is 17.0 Å². The minimum absolute atomic E-state index is 0.0707. The number of carbonyl (C=O) groups is 2. The largest absolute Gasteiger partial charge is 0.497 e. The normalized spacial score (nSPS) is 21.2. The Morgan fingerprint density at radius 1 is 1.21 bits per heavy atom. The highest BCUT2D eigenvalue weighted by Crippen LogP contribution is 2.31. The number of rotatable bonds is 7. The van der Waals surface area contributed by atoms with E-state index in [0.29, 0.717) is 24.7 Å². The molecule has 0 radical (unpaired) electrons. The van der Waals surface area contributed by atoms with E-state index < -0.39 is 5.54 Å². The molecule has 2 amide bonds. The van der Waals surface area contributed by atoms with Crippen LogP contribution in [0.25, 0.3) is 11.3 Å². The summed E-state index contributed by atoms with van der Waals surface area (Å²) in [7, 11) is 1.63. The Morgan fingerprint density at radius 2 is 1.91 bits per heavy atom.